The standard InChI is InChI=1S/C18H26N4O2/c1-4-13(2)17(23)11-20-18(24)19-9-14-6-5-7-15(8-14)16-10-21-22(3)12-16/h5-8,10,12-13,17,23H,4,9,11H2,1-3H3,(H2,19,20,24). The SMILES string of the molecule is CCC(C)C(O)CNC(=O)NCc1cccc(-c2cnn(C)c2)c1. The zero-order valence-corrected chi connectivity index (χ0v) is 14.5. The average Bonchev–Trinajstić information content (AvgIpc) is 3.03. The lowest BCUT2D eigenvalue weighted by Crippen LogP contribution is -2.41. The van der Waals surface area contributed by atoms with Gasteiger partial charge < -0.3 is 15.7 Å². The molecule has 130 valence electrons. The topological polar surface area (TPSA) is 79.2 Å². The van der Waals surface area contributed by atoms with Gasteiger partial charge in [-0.1, -0.05) is 38.5 Å². The molecule has 0 aliphatic heterocycles. The van der Waals surface area contributed by atoms with E-state index in [1.165, 1.54) is 0 Å². The van der Waals surface area contributed by atoms with Crippen LogP contribution in [0.4, 0.5) is 4.79 Å². The highest BCUT2D eigenvalue weighted by Crippen LogP contribution is 2.19. The van der Waals surface area contributed by atoms with Crippen LogP contribution in [0, 0.1) is 5.92 Å². The molecule has 0 aliphatic rings. The summed E-state index contributed by atoms with van der Waals surface area (Å²) in [6.07, 6.45) is 4.13. The van der Waals surface area contributed by atoms with Crippen LogP contribution < -0.4 is 10.6 Å². The Hall–Kier alpha value is -2.34. The third-order valence-corrected chi connectivity index (χ3v) is 4.19. The van der Waals surface area contributed by atoms with Crippen LogP contribution in [0.25, 0.3) is 11.1 Å². The molecule has 24 heavy (non-hydrogen) atoms. The predicted molar refractivity (Wildman–Crippen MR) is 94.3 cm³/mol. The lowest BCUT2D eigenvalue weighted by atomic mass is 10.0. The Morgan fingerprint density at radius 3 is 2.79 bits per heavy atom. The first-order chi connectivity index (χ1) is 11.5. The second-order valence-electron chi connectivity index (χ2n) is 6.12. The molecular formula is C18H26N4O2. The largest absolute Gasteiger partial charge is 0.391 e. The number of aliphatic hydroxyl groups excluding tert-OH is 1. The monoisotopic (exact) mass is 330 g/mol. The van der Waals surface area contributed by atoms with Gasteiger partial charge in [0.2, 0.25) is 0 Å². The molecule has 0 fully saturated rings. The van der Waals surface area contributed by atoms with Gasteiger partial charge in [0.05, 0.1) is 12.3 Å². The number of nitrogens with zero attached hydrogens (tertiary/aromatic N) is 2. The van der Waals surface area contributed by atoms with Crippen molar-refractivity contribution in [2.45, 2.75) is 32.9 Å². The molecule has 2 rings (SSSR count). The van der Waals surface area contributed by atoms with Gasteiger partial charge in [0, 0.05) is 31.9 Å². The number of nitrogens with one attached hydrogen (secondary N) is 2. The number of hydrogen-bond acceptors (Lipinski definition) is 3. The van der Waals surface area contributed by atoms with Crippen molar-refractivity contribution in [3.05, 3.63) is 42.2 Å². The molecule has 1 heterocycles. The first-order valence-electron chi connectivity index (χ1n) is 8.27. The normalized spacial score (nSPS) is 13.3. The summed E-state index contributed by atoms with van der Waals surface area (Å²) in [6.45, 7) is 4.67. The van der Waals surface area contributed by atoms with Crippen LogP contribution in [0.2, 0.25) is 0 Å². The maximum absolute atomic E-state index is 11.8. The Morgan fingerprint density at radius 1 is 1.33 bits per heavy atom. The van der Waals surface area contributed by atoms with Gasteiger partial charge in [-0.25, -0.2) is 4.79 Å². The van der Waals surface area contributed by atoms with E-state index in [1.807, 2.05) is 57.6 Å². The Morgan fingerprint density at radius 2 is 2.12 bits per heavy atom. The predicted octanol–water partition coefficient (Wildman–Crippen LogP) is 2.29. The van der Waals surface area contributed by atoms with Crippen molar-refractivity contribution in [2.24, 2.45) is 13.0 Å². The minimum Gasteiger partial charge on any atom is -0.391 e. The van der Waals surface area contributed by atoms with E-state index in [1.54, 1.807) is 4.68 Å². The number of rotatable bonds is 7. The van der Waals surface area contributed by atoms with Crippen molar-refractivity contribution < 1.29 is 9.90 Å². The van der Waals surface area contributed by atoms with Gasteiger partial charge >= 0.3 is 6.03 Å². The fraction of sp³-hybridized carbons (Fsp3) is 0.444. The molecule has 2 unspecified atom stereocenters. The third-order valence-electron chi connectivity index (χ3n) is 4.19. The number of carbonyl (C=O) groups excluding carboxylic acids is 1. The van der Waals surface area contributed by atoms with Crippen molar-refractivity contribution in [1.82, 2.24) is 20.4 Å². The molecule has 0 radical (unpaired) electrons. The molecule has 1 aromatic carbocycles. The molecule has 0 aliphatic carbocycles. The summed E-state index contributed by atoms with van der Waals surface area (Å²) >= 11 is 0. The summed E-state index contributed by atoms with van der Waals surface area (Å²) in [6, 6.07) is 7.70. The van der Waals surface area contributed by atoms with Crippen molar-refractivity contribution in [3.63, 3.8) is 0 Å². The lowest BCUT2D eigenvalue weighted by molar-refractivity contribution is 0.114. The number of amides is 2. The molecule has 6 nitrogen and oxygen atoms in total. The van der Waals surface area contributed by atoms with Gasteiger partial charge in [-0.05, 0) is 23.1 Å². The number of urea groups is 1. The van der Waals surface area contributed by atoms with Gasteiger partial charge in [-0.3, -0.25) is 4.68 Å². The summed E-state index contributed by atoms with van der Waals surface area (Å²) in [5.74, 6) is 0.168. The minimum atomic E-state index is -0.519. The molecule has 3 N–H and O–H groups in total. The second-order valence-corrected chi connectivity index (χ2v) is 6.12. The number of benzene rings is 1. The molecule has 0 spiro atoms. The molecular weight excluding hydrogens is 304 g/mol. The highest BCUT2D eigenvalue weighted by Gasteiger charge is 2.13. The van der Waals surface area contributed by atoms with E-state index in [-0.39, 0.29) is 18.5 Å². The van der Waals surface area contributed by atoms with Gasteiger partial charge in [0.15, 0.2) is 0 Å². The highest BCUT2D eigenvalue weighted by molar-refractivity contribution is 5.74. The summed E-state index contributed by atoms with van der Waals surface area (Å²) in [5.41, 5.74) is 3.12. The summed E-state index contributed by atoms with van der Waals surface area (Å²) in [4.78, 5) is 11.8. The highest BCUT2D eigenvalue weighted by atomic mass is 16.3. The van der Waals surface area contributed by atoms with Crippen molar-refractivity contribution >= 4 is 6.03 Å². The first kappa shape index (κ1) is 18.0. The van der Waals surface area contributed by atoms with Crippen molar-refractivity contribution in [2.75, 3.05) is 6.54 Å². The average molecular weight is 330 g/mol. The van der Waals surface area contributed by atoms with Gasteiger partial charge in [-0.2, -0.15) is 5.10 Å². The zero-order chi connectivity index (χ0) is 17.5. The Balaban J connectivity index is 1.85. The summed E-state index contributed by atoms with van der Waals surface area (Å²) < 4.78 is 1.76. The number of hydrogen-bond donors (Lipinski definition) is 3. The van der Waals surface area contributed by atoms with Crippen LogP contribution in [-0.2, 0) is 13.6 Å². The molecule has 6 heteroatoms. The zero-order valence-electron chi connectivity index (χ0n) is 14.5. The number of carbonyl (C=O) groups is 1. The van der Waals surface area contributed by atoms with Crippen molar-refractivity contribution in [1.29, 1.82) is 0 Å². The summed E-state index contributed by atoms with van der Waals surface area (Å²) in [7, 11) is 1.88. The molecule has 2 amide bonds. The maximum Gasteiger partial charge on any atom is 0.315 e. The molecule has 0 bridgehead atoms. The molecule has 2 atom stereocenters. The van der Waals surface area contributed by atoms with Crippen molar-refractivity contribution in [3.8, 4) is 11.1 Å². The van der Waals surface area contributed by atoms with E-state index in [2.05, 4.69) is 15.7 Å². The fourth-order valence-corrected chi connectivity index (χ4v) is 2.35. The molecule has 1 aromatic heterocycles. The lowest BCUT2D eigenvalue weighted by Gasteiger charge is -2.17. The third kappa shape index (κ3) is 5.09. The van der Waals surface area contributed by atoms with E-state index >= 15 is 0 Å². The second kappa shape index (κ2) is 8.49. The van der Waals surface area contributed by atoms with E-state index < -0.39 is 6.10 Å². The Bertz CT molecular complexity index is 669. The van der Waals surface area contributed by atoms with E-state index in [4.69, 9.17) is 0 Å². The Kier molecular flexibility index (Phi) is 6.37. The van der Waals surface area contributed by atoms with Crippen LogP contribution in [0.15, 0.2) is 36.7 Å². The molecule has 0 saturated carbocycles. The maximum atomic E-state index is 11.8. The smallest absolute Gasteiger partial charge is 0.315 e. The van der Waals surface area contributed by atoms with Crippen LogP contribution in [0.5, 0.6) is 0 Å². The number of aromatic nitrogens is 2. The minimum absolute atomic E-state index is 0.168. The van der Waals surface area contributed by atoms with Crippen LogP contribution in [-0.4, -0.2) is 33.6 Å². The van der Waals surface area contributed by atoms with Crippen LogP contribution in [0.3, 0.4) is 0 Å². The fourth-order valence-electron chi connectivity index (χ4n) is 2.35. The first-order valence-corrected chi connectivity index (χ1v) is 8.27. The molecule has 2 aromatic rings. The number of aryl methyl sites for hydroxylation is 1. The van der Waals surface area contributed by atoms with Gasteiger partial charge in [0.1, 0.15) is 0 Å². The van der Waals surface area contributed by atoms with E-state index in [9.17, 15) is 9.90 Å². The summed E-state index contributed by atoms with van der Waals surface area (Å²) in [5, 5.41) is 19.6. The van der Waals surface area contributed by atoms with E-state index in [0.717, 1.165) is 23.1 Å². The van der Waals surface area contributed by atoms with Crippen LogP contribution in [0.1, 0.15) is 25.8 Å². The van der Waals surface area contributed by atoms with Gasteiger partial charge in [0.25, 0.3) is 0 Å². The van der Waals surface area contributed by atoms with Crippen LogP contribution >= 0.6 is 0 Å². The quantitative estimate of drug-likeness (QED) is 0.729. The van der Waals surface area contributed by atoms with E-state index in [0.29, 0.717) is 6.54 Å². The van der Waals surface area contributed by atoms with Gasteiger partial charge in [-0.15, -0.1) is 0 Å². The number of aliphatic hydroxyl groups is 1. The Labute approximate surface area is 142 Å². The molecule has 0 saturated heterocycles.